The summed E-state index contributed by atoms with van der Waals surface area (Å²) in [6.45, 7) is 1.99. The van der Waals surface area contributed by atoms with Crippen LogP contribution in [0.25, 0.3) is 11.6 Å². The van der Waals surface area contributed by atoms with Gasteiger partial charge in [-0.2, -0.15) is 0 Å². The van der Waals surface area contributed by atoms with Gasteiger partial charge in [0.25, 0.3) is 11.8 Å². The number of amides is 2. The zero-order valence-electron chi connectivity index (χ0n) is 18.9. The minimum absolute atomic E-state index is 0.262. The average Bonchev–Trinajstić information content (AvgIpc) is 3.17. The van der Waals surface area contributed by atoms with E-state index >= 15 is 0 Å². The molecule has 4 rings (SSSR count). The molecule has 2 amide bonds. The van der Waals surface area contributed by atoms with Crippen molar-refractivity contribution in [3.8, 4) is 0 Å². The lowest BCUT2D eigenvalue weighted by Gasteiger charge is -2.28. The van der Waals surface area contributed by atoms with Crippen LogP contribution in [0.2, 0.25) is 0 Å². The predicted octanol–water partition coefficient (Wildman–Crippen LogP) is 3.39. The van der Waals surface area contributed by atoms with Gasteiger partial charge in [0.1, 0.15) is 0 Å². The van der Waals surface area contributed by atoms with Gasteiger partial charge in [-0.05, 0) is 43.3 Å². The summed E-state index contributed by atoms with van der Waals surface area (Å²) in [5.74, 6) is -0.592. The van der Waals surface area contributed by atoms with Crippen LogP contribution in [-0.4, -0.2) is 48.0 Å². The molecular weight excluding hydrogens is 420 g/mol. The van der Waals surface area contributed by atoms with Crippen molar-refractivity contribution in [1.29, 1.82) is 0 Å². The lowest BCUT2D eigenvalue weighted by molar-refractivity contribution is -0.112. The van der Waals surface area contributed by atoms with E-state index in [0.717, 1.165) is 16.5 Å². The number of nitrogens with zero attached hydrogens (tertiary/aromatic N) is 4. The van der Waals surface area contributed by atoms with Crippen molar-refractivity contribution in [1.82, 2.24) is 9.55 Å². The first-order valence-electron chi connectivity index (χ1n) is 10.5. The summed E-state index contributed by atoms with van der Waals surface area (Å²) in [6.07, 6.45) is 3.43. The number of aromatic nitrogens is 2. The lowest BCUT2D eigenvalue weighted by atomic mass is 9.92. The number of hydrogen-bond acceptors (Lipinski definition) is 6. The van der Waals surface area contributed by atoms with Gasteiger partial charge in [0.2, 0.25) is 5.95 Å². The van der Waals surface area contributed by atoms with Crippen LogP contribution in [0.4, 0.5) is 11.6 Å². The number of rotatable bonds is 5. The van der Waals surface area contributed by atoms with Gasteiger partial charge in [-0.3, -0.25) is 9.59 Å². The van der Waals surface area contributed by atoms with Crippen molar-refractivity contribution in [2.45, 2.75) is 6.92 Å². The van der Waals surface area contributed by atoms with E-state index in [1.54, 1.807) is 67.7 Å². The van der Waals surface area contributed by atoms with Crippen LogP contribution in [-0.2, 0) is 16.6 Å². The topological polar surface area (TPSA) is 84.7 Å². The molecule has 0 saturated carbocycles. The van der Waals surface area contributed by atoms with Gasteiger partial charge in [0.15, 0.2) is 0 Å². The molecule has 2 heterocycles. The first kappa shape index (κ1) is 22.0. The second kappa shape index (κ2) is 8.74. The van der Waals surface area contributed by atoms with Gasteiger partial charge in [-0.25, -0.2) is 14.7 Å². The summed E-state index contributed by atoms with van der Waals surface area (Å²) < 4.78 is 6.88. The molecule has 1 aliphatic heterocycles. The molecule has 1 aliphatic rings. The number of esters is 1. The van der Waals surface area contributed by atoms with Crippen molar-refractivity contribution in [3.63, 3.8) is 0 Å². The van der Waals surface area contributed by atoms with Gasteiger partial charge >= 0.3 is 5.97 Å². The molecule has 33 heavy (non-hydrogen) atoms. The molecule has 8 nitrogen and oxygen atoms in total. The van der Waals surface area contributed by atoms with Crippen LogP contribution < -0.4 is 9.80 Å². The minimum Gasteiger partial charge on any atom is -0.462 e. The predicted molar refractivity (Wildman–Crippen MR) is 126 cm³/mol. The third kappa shape index (κ3) is 3.91. The highest BCUT2D eigenvalue weighted by molar-refractivity contribution is 6.43. The maximum absolute atomic E-state index is 13.6. The number of imide groups is 1. The molecular formula is C25H24N4O4. The highest BCUT2D eigenvalue weighted by atomic mass is 16.5. The van der Waals surface area contributed by atoms with Crippen molar-refractivity contribution in [2.24, 2.45) is 7.05 Å². The molecule has 0 radical (unpaired) electrons. The molecule has 0 N–H and O–H groups in total. The molecule has 3 aromatic rings. The van der Waals surface area contributed by atoms with Gasteiger partial charge in [-0.15, -0.1) is 0 Å². The van der Waals surface area contributed by atoms with E-state index in [1.807, 2.05) is 30.6 Å². The number of benzene rings is 2. The standard InChI is InChI=1S/C25H24N4O4/c1-5-33-24(32)16-10-12-17(13-11-16)29-22(30)20-9-7-6-8-19(20)21(23(29)31)14-18-15-26-25(27(2)3)28(18)4/h6-15H,5H2,1-4H3. The molecule has 1 aromatic heterocycles. The Labute approximate surface area is 191 Å². The monoisotopic (exact) mass is 444 g/mol. The normalized spacial score (nSPS) is 14.4. The van der Waals surface area contributed by atoms with Crippen molar-refractivity contribution >= 4 is 41.1 Å². The Morgan fingerprint density at radius 2 is 1.70 bits per heavy atom. The lowest BCUT2D eigenvalue weighted by Crippen LogP contribution is -2.41. The number of ether oxygens (including phenoxy) is 1. The molecule has 0 saturated heterocycles. The maximum Gasteiger partial charge on any atom is 0.338 e. The number of carbonyl (C=O) groups is 3. The second-order valence-corrected chi connectivity index (χ2v) is 7.75. The third-order valence-electron chi connectivity index (χ3n) is 5.41. The van der Waals surface area contributed by atoms with E-state index < -0.39 is 17.8 Å². The Balaban J connectivity index is 1.80. The molecule has 0 unspecified atom stereocenters. The van der Waals surface area contributed by atoms with Crippen molar-refractivity contribution < 1.29 is 19.1 Å². The van der Waals surface area contributed by atoms with Crippen LogP contribution >= 0.6 is 0 Å². The molecule has 168 valence electrons. The molecule has 0 bridgehead atoms. The summed E-state index contributed by atoms with van der Waals surface area (Å²) in [5, 5.41) is 0. The van der Waals surface area contributed by atoms with E-state index in [0.29, 0.717) is 28.0 Å². The van der Waals surface area contributed by atoms with E-state index in [1.165, 1.54) is 0 Å². The van der Waals surface area contributed by atoms with E-state index in [9.17, 15) is 14.4 Å². The number of fused-ring (bicyclic) bond motifs is 1. The van der Waals surface area contributed by atoms with Gasteiger partial charge < -0.3 is 14.2 Å². The Bertz CT molecular complexity index is 1270. The van der Waals surface area contributed by atoms with Crippen LogP contribution in [0.1, 0.15) is 38.9 Å². The zero-order chi connectivity index (χ0) is 23.7. The summed E-state index contributed by atoms with van der Waals surface area (Å²) in [5.41, 5.74) is 2.82. The van der Waals surface area contributed by atoms with Crippen LogP contribution in [0, 0.1) is 0 Å². The summed E-state index contributed by atoms with van der Waals surface area (Å²) in [7, 11) is 5.65. The summed E-state index contributed by atoms with van der Waals surface area (Å²) in [6, 6.07) is 13.3. The quantitative estimate of drug-likeness (QED) is 0.341. The largest absolute Gasteiger partial charge is 0.462 e. The maximum atomic E-state index is 13.6. The molecule has 0 atom stereocenters. The Kier molecular flexibility index (Phi) is 5.83. The third-order valence-corrected chi connectivity index (χ3v) is 5.41. The van der Waals surface area contributed by atoms with Gasteiger partial charge in [0.05, 0.1) is 35.3 Å². The Hall–Kier alpha value is -4.20. The minimum atomic E-state index is -0.459. The summed E-state index contributed by atoms with van der Waals surface area (Å²) >= 11 is 0. The van der Waals surface area contributed by atoms with E-state index in [2.05, 4.69) is 4.98 Å². The highest BCUT2D eigenvalue weighted by Gasteiger charge is 2.36. The molecule has 2 aromatic carbocycles. The first-order valence-corrected chi connectivity index (χ1v) is 10.5. The fraction of sp³-hybridized carbons (Fsp3) is 0.200. The zero-order valence-corrected chi connectivity index (χ0v) is 18.9. The van der Waals surface area contributed by atoms with Crippen LogP contribution in [0.3, 0.4) is 0 Å². The first-order chi connectivity index (χ1) is 15.8. The molecule has 0 fully saturated rings. The fourth-order valence-electron chi connectivity index (χ4n) is 3.80. The van der Waals surface area contributed by atoms with E-state index in [-0.39, 0.29) is 6.61 Å². The van der Waals surface area contributed by atoms with Crippen LogP contribution in [0.5, 0.6) is 0 Å². The van der Waals surface area contributed by atoms with Crippen molar-refractivity contribution in [2.75, 3.05) is 30.5 Å². The Morgan fingerprint density at radius 1 is 1.03 bits per heavy atom. The number of carbonyl (C=O) groups excluding carboxylic acids is 3. The van der Waals surface area contributed by atoms with Crippen LogP contribution in [0.15, 0.2) is 54.7 Å². The molecule has 8 heteroatoms. The highest BCUT2D eigenvalue weighted by Crippen LogP contribution is 2.33. The Morgan fingerprint density at radius 3 is 2.30 bits per heavy atom. The summed E-state index contributed by atoms with van der Waals surface area (Å²) in [4.78, 5) is 46.2. The van der Waals surface area contributed by atoms with Gasteiger partial charge in [-0.1, -0.05) is 18.2 Å². The fourth-order valence-corrected chi connectivity index (χ4v) is 3.80. The van der Waals surface area contributed by atoms with Crippen molar-refractivity contribution in [3.05, 3.63) is 77.1 Å². The second-order valence-electron chi connectivity index (χ2n) is 7.75. The number of imidazole rings is 1. The van der Waals surface area contributed by atoms with Gasteiger partial charge in [0, 0.05) is 32.3 Å². The van der Waals surface area contributed by atoms with E-state index in [4.69, 9.17) is 4.74 Å². The average molecular weight is 444 g/mol. The molecule has 0 spiro atoms. The number of anilines is 2. The molecule has 0 aliphatic carbocycles. The SMILES string of the molecule is CCOC(=O)c1ccc(N2C(=O)C(=Cc3cnc(N(C)C)n3C)c3ccccc3C2=O)cc1. The smallest absolute Gasteiger partial charge is 0.338 e. The number of hydrogen-bond donors (Lipinski definition) is 0.